The first-order chi connectivity index (χ1) is 17.1. The van der Waals surface area contributed by atoms with Gasteiger partial charge in [0.2, 0.25) is 0 Å². The molecule has 0 aliphatic carbocycles. The molecule has 0 aliphatic heterocycles. The van der Waals surface area contributed by atoms with Gasteiger partial charge in [-0.15, -0.1) is 0 Å². The molecule has 0 radical (unpaired) electrons. The third-order valence-corrected chi connectivity index (χ3v) is 5.93. The molecular formula is C29H27ClN2O3. The summed E-state index contributed by atoms with van der Waals surface area (Å²) in [5, 5.41) is 14.1. The van der Waals surface area contributed by atoms with Crippen molar-refractivity contribution in [2.45, 2.75) is 26.0 Å². The van der Waals surface area contributed by atoms with Crippen LogP contribution in [0, 0.1) is 0 Å². The van der Waals surface area contributed by atoms with Crippen LogP contribution in [-0.2, 0) is 11.4 Å². The van der Waals surface area contributed by atoms with Crippen LogP contribution in [0.2, 0.25) is 5.02 Å². The van der Waals surface area contributed by atoms with Crippen molar-refractivity contribution in [3.8, 4) is 5.75 Å². The maximum Gasteiger partial charge on any atom is 0.252 e. The lowest BCUT2D eigenvalue weighted by atomic mass is 10.0. The van der Waals surface area contributed by atoms with E-state index in [2.05, 4.69) is 10.3 Å². The number of aromatic nitrogens is 1. The first kappa shape index (κ1) is 24.5. The lowest BCUT2D eigenvalue weighted by Gasteiger charge is -2.16. The first-order valence-corrected chi connectivity index (χ1v) is 11.9. The highest BCUT2D eigenvalue weighted by Gasteiger charge is 2.16. The van der Waals surface area contributed by atoms with E-state index in [1.807, 2.05) is 85.8 Å². The second-order valence-corrected chi connectivity index (χ2v) is 8.62. The number of halogens is 1. The zero-order valence-electron chi connectivity index (χ0n) is 19.4. The number of hydrogen-bond acceptors (Lipinski definition) is 4. The number of ether oxygens (including phenoxy) is 1. The number of nitrogens with zero attached hydrogens (tertiary/aromatic N) is 1. The molecule has 6 heteroatoms. The average molecular weight is 487 g/mol. The number of aliphatic hydroxyl groups excluding tert-OH is 1. The van der Waals surface area contributed by atoms with Crippen molar-refractivity contribution in [2.24, 2.45) is 0 Å². The summed E-state index contributed by atoms with van der Waals surface area (Å²) in [5.74, 6) is 0.423. The predicted octanol–water partition coefficient (Wildman–Crippen LogP) is 5.89. The van der Waals surface area contributed by atoms with Crippen molar-refractivity contribution >= 4 is 40.1 Å². The topological polar surface area (TPSA) is 71.5 Å². The van der Waals surface area contributed by atoms with Crippen molar-refractivity contribution < 1.29 is 14.6 Å². The second kappa shape index (κ2) is 11.6. The van der Waals surface area contributed by atoms with Gasteiger partial charge < -0.3 is 15.2 Å². The van der Waals surface area contributed by atoms with Gasteiger partial charge in [0.1, 0.15) is 12.4 Å². The Morgan fingerprint density at radius 3 is 2.49 bits per heavy atom. The van der Waals surface area contributed by atoms with E-state index in [1.165, 1.54) is 0 Å². The molecule has 0 spiro atoms. The van der Waals surface area contributed by atoms with Crippen molar-refractivity contribution in [1.29, 1.82) is 0 Å². The number of carbonyl (C=O) groups excluding carboxylic acids is 1. The van der Waals surface area contributed by atoms with Gasteiger partial charge in [-0.1, -0.05) is 67.1 Å². The highest BCUT2D eigenvalue weighted by atomic mass is 35.5. The summed E-state index contributed by atoms with van der Waals surface area (Å²) in [4.78, 5) is 17.7. The molecule has 1 heterocycles. The van der Waals surface area contributed by atoms with Crippen molar-refractivity contribution in [1.82, 2.24) is 10.3 Å². The number of aliphatic hydroxyl groups is 1. The Morgan fingerprint density at radius 2 is 1.77 bits per heavy atom. The van der Waals surface area contributed by atoms with Crippen LogP contribution in [0.15, 0.2) is 84.9 Å². The Bertz CT molecular complexity index is 1310. The molecule has 0 aliphatic rings. The monoisotopic (exact) mass is 486 g/mol. The Labute approximate surface area is 210 Å². The molecule has 0 unspecified atom stereocenters. The molecular weight excluding hydrogens is 460 g/mol. The lowest BCUT2D eigenvalue weighted by Crippen LogP contribution is -2.37. The number of amides is 1. The molecule has 4 rings (SSSR count). The molecule has 178 valence electrons. The predicted molar refractivity (Wildman–Crippen MR) is 141 cm³/mol. The second-order valence-electron chi connectivity index (χ2n) is 8.18. The zero-order valence-corrected chi connectivity index (χ0v) is 20.2. The van der Waals surface area contributed by atoms with E-state index in [0.717, 1.165) is 27.7 Å². The van der Waals surface area contributed by atoms with E-state index < -0.39 is 0 Å². The molecule has 0 bridgehead atoms. The minimum Gasteiger partial charge on any atom is -0.487 e. The summed E-state index contributed by atoms with van der Waals surface area (Å²) in [6, 6.07) is 26.3. The van der Waals surface area contributed by atoms with E-state index in [9.17, 15) is 9.90 Å². The molecule has 1 aromatic heterocycles. The summed E-state index contributed by atoms with van der Waals surface area (Å²) in [6.07, 6.45) is 2.44. The number of rotatable bonds is 9. The molecule has 3 aromatic carbocycles. The molecule has 1 atom stereocenters. The SMILES string of the molecule is CC[C@H](CO)NC(=O)/C(=C/c1ccc(Cl)cc1)c1ccc(OCc2ccc3ccccc3n2)cc1. The summed E-state index contributed by atoms with van der Waals surface area (Å²) in [5.41, 5.74) is 3.84. The Balaban J connectivity index is 1.53. The molecule has 1 amide bonds. The van der Waals surface area contributed by atoms with Gasteiger partial charge in [-0.2, -0.15) is 0 Å². The van der Waals surface area contributed by atoms with E-state index in [-0.39, 0.29) is 18.6 Å². The van der Waals surface area contributed by atoms with Crippen LogP contribution in [0.5, 0.6) is 5.75 Å². The molecule has 4 aromatic rings. The summed E-state index contributed by atoms with van der Waals surface area (Å²) < 4.78 is 5.94. The summed E-state index contributed by atoms with van der Waals surface area (Å²) in [6.45, 7) is 2.14. The number of para-hydroxylation sites is 1. The fourth-order valence-corrected chi connectivity index (χ4v) is 3.75. The van der Waals surface area contributed by atoms with Crippen LogP contribution < -0.4 is 10.1 Å². The van der Waals surface area contributed by atoms with Crippen molar-refractivity contribution in [3.05, 3.63) is 107 Å². The third kappa shape index (κ3) is 6.47. The fraction of sp³-hybridized carbons (Fsp3) is 0.172. The smallest absolute Gasteiger partial charge is 0.252 e. The van der Waals surface area contributed by atoms with Gasteiger partial charge >= 0.3 is 0 Å². The van der Waals surface area contributed by atoms with E-state index >= 15 is 0 Å². The number of hydrogen-bond donors (Lipinski definition) is 2. The highest BCUT2D eigenvalue weighted by Crippen LogP contribution is 2.23. The third-order valence-electron chi connectivity index (χ3n) is 5.68. The van der Waals surface area contributed by atoms with Crippen LogP contribution in [0.3, 0.4) is 0 Å². The van der Waals surface area contributed by atoms with Crippen molar-refractivity contribution in [2.75, 3.05) is 6.61 Å². The van der Waals surface area contributed by atoms with E-state index in [4.69, 9.17) is 16.3 Å². The minimum absolute atomic E-state index is 0.119. The van der Waals surface area contributed by atoms with Gasteiger partial charge in [0.05, 0.1) is 23.9 Å². The molecule has 0 saturated carbocycles. The van der Waals surface area contributed by atoms with Crippen LogP contribution >= 0.6 is 11.6 Å². The van der Waals surface area contributed by atoms with E-state index in [1.54, 1.807) is 12.1 Å². The van der Waals surface area contributed by atoms with Crippen molar-refractivity contribution in [3.63, 3.8) is 0 Å². The number of nitrogens with one attached hydrogen (secondary N) is 1. The fourth-order valence-electron chi connectivity index (χ4n) is 3.62. The first-order valence-electron chi connectivity index (χ1n) is 11.5. The maximum atomic E-state index is 13.1. The van der Waals surface area contributed by atoms with Gasteiger partial charge in [-0.25, -0.2) is 4.98 Å². The van der Waals surface area contributed by atoms with Gasteiger partial charge in [0.25, 0.3) is 5.91 Å². The van der Waals surface area contributed by atoms with Gasteiger partial charge in [-0.05, 0) is 60.0 Å². The normalized spacial score (nSPS) is 12.4. The standard InChI is InChI=1S/C29H27ClN2O3/c1-2-24(18-33)32-29(34)27(17-20-7-12-23(30)13-8-20)21-10-15-26(16-11-21)35-19-25-14-9-22-5-3-4-6-28(22)31-25/h3-17,24,33H,2,18-19H2,1H3,(H,32,34)/b27-17+/t24-/m1/s1. The maximum absolute atomic E-state index is 13.1. The molecule has 5 nitrogen and oxygen atoms in total. The van der Waals surface area contributed by atoms with Gasteiger partial charge in [0, 0.05) is 16.0 Å². The van der Waals surface area contributed by atoms with Crippen LogP contribution in [0.25, 0.3) is 22.6 Å². The van der Waals surface area contributed by atoms with Crippen LogP contribution in [0.4, 0.5) is 0 Å². The van der Waals surface area contributed by atoms with Gasteiger partial charge in [0.15, 0.2) is 0 Å². The number of benzene rings is 3. The largest absolute Gasteiger partial charge is 0.487 e. The minimum atomic E-state index is -0.312. The summed E-state index contributed by atoms with van der Waals surface area (Å²) in [7, 11) is 0. The number of pyridine rings is 1. The average Bonchev–Trinajstić information content (AvgIpc) is 2.90. The quantitative estimate of drug-likeness (QED) is 0.228. The van der Waals surface area contributed by atoms with Crippen LogP contribution in [-0.4, -0.2) is 28.6 Å². The van der Waals surface area contributed by atoms with Gasteiger partial charge in [-0.3, -0.25) is 4.79 Å². The number of fused-ring (bicyclic) bond motifs is 1. The van der Waals surface area contributed by atoms with E-state index in [0.29, 0.717) is 29.4 Å². The molecule has 35 heavy (non-hydrogen) atoms. The molecule has 0 saturated heterocycles. The van der Waals surface area contributed by atoms with Crippen LogP contribution in [0.1, 0.15) is 30.2 Å². The summed E-state index contributed by atoms with van der Waals surface area (Å²) >= 11 is 6.01. The molecule has 2 N–H and O–H groups in total. The molecule has 0 fully saturated rings. The highest BCUT2D eigenvalue weighted by molar-refractivity contribution is 6.30. The Hall–Kier alpha value is -3.67. The Kier molecular flexibility index (Phi) is 8.14. The lowest BCUT2D eigenvalue weighted by molar-refractivity contribution is -0.116. The number of carbonyl (C=O) groups is 1. The Morgan fingerprint density at radius 1 is 1.03 bits per heavy atom. The zero-order chi connectivity index (χ0) is 24.6.